The van der Waals surface area contributed by atoms with Gasteiger partial charge < -0.3 is 16.0 Å². The van der Waals surface area contributed by atoms with Crippen molar-refractivity contribution in [1.82, 2.24) is 15.3 Å². The average molecular weight is 395 g/mol. The van der Waals surface area contributed by atoms with Gasteiger partial charge in [0.25, 0.3) is 5.56 Å². The number of amides is 1. The van der Waals surface area contributed by atoms with Crippen molar-refractivity contribution in [3.05, 3.63) is 26.6 Å². The Hall–Kier alpha value is -1.38. The molecule has 0 spiro atoms. The topological polar surface area (TPSA) is 101 Å². The second kappa shape index (κ2) is 9.01. The van der Waals surface area contributed by atoms with Crippen molar-refractivity contribution in [1.29, 1.82) is 0 Å². The van der Waals surface area contributed by atoms with Crippen LogP contribution in [-0.2, 0) is 23.4 Å². The molecule has 0 saturated heterocycles. The molecule has 6 nitrogen and oxygen atoms in total. The van der Waals surface area contributed by atoms with Crippen molar-refractivity contribution >= 4 is 39.2 Å². The van der Waals surface area contributed by atoms with E-state index in [1.807, 2.05) is 6.92 Å². The summed E-state index contributed by atoms with van der Waals surface area (Å²) < 4.78 is 0. The number of nitrogens with two attached hydrogens (primary N) is 1. The predicted molar refractivity (Wildman–Crippen MR) is 109 cm³/mol. The van der Waals surface area contributed by atoms with E-state index < -0.39 is 0 Å². The van der Waals surface area contributed by atoms with Gasteiger partial charge in [-0.25, -0.2) is 4.98 Å². The van der Waals surface area contributed by atoms with Crippen LogP contribution in [0.3, 0.4) is 0 Å². The normalized spacial score (nSPS) is 15.0. The fourth-order valence-corrected chi connectivity index (χ4v) is 5.22. The summed E-state index contributed by atoms with van der Waals surface area (Å²) in [4.78, 5) is 34.0. The van der Waals surface area contributed by atoms with Crippen molar-refractivity contribution in [2.24, 2.45) is 5.73 Å². The summed E-state index contributed by atoms with van der Waals surface area (Å²) in [5, 5.41) is 3.67. The molecule has 0 bridgehead atoms. The summed E-state index contributed by atoms with van der Waals surface area (Å²) in [5.41, 5.74) is 6.86. The molecule has 4 N–H and O–H groups in total. The molecule has 3 rings (SSSR count). The Balaban J connectivity index is 1.52. The number of H-pyrrole nitrogens is 1. The molecule has 2 aromatic rings. The van der Waals surface area contributed by atoms with Gasteiger partial charge in [-0.3, -0.25) is 9.59 Å². The van der Waals surface area contributed by atoms with Crippen LogP contribution in [0.2, 0.25) is 0 Å². The van der Waals surface area contributed by atoms with Gasteiger partial charge in [0, 0.05) is 29.6 Å². The Labute approximate surface area is 161 Å². The summed E-state index contributed by atoms with van der Waals surface area (Å²) in [7, 11) is 0. The minimum absolute atomic E-state index is 0.0151. The highest BCUT2D eigenvalue weighted by Crippen LogP contribution is 2.33. The van der Waals surface area contributed by atoms with Gasteiger partial charge in [-0.1, -0.05) is 0 Å². The van der Waals surface area contributed by atoms with Gasteiger partial charge in [-0.05, 0) is 44.6 Å². The van der Waals surface area contributed by atoms with Crippen LogP contribution in [0.1, 0.15) is 48.9 Å². The van der Waals surface area contributed by atoms with Gasteiger partial charge in [-0.2, -0.15) is 11.8 Å². The molecule has 1 atom stereocenters. The second-order valence-electron chi connectivity index (χ2n) is 6.82. The first kappa shape index (κ1) is 19.4. The Morgan fingerprint density at radius 1 is 1.42 bits per heavy atom. The molecular formula is C18H26N4O2S2. The quantitative estimate of drug-likeness (QED) is 0.597. The van der Waals surface area contributed by atoms with Crippen molar-refractivity contribution < 1.29 is 4.79 Å². The van der Waals surface area contributed by atoms with E-state index in [1.54, 1.807) is 23.1 Å². The molecule has 0 radical (unpaired) electrons. The SMILES string of the molecule is CC(N)CCNC(=O)CCSCc1nc2sc3c(c2c(=O)[nH]1)CCCC3. The number of aromatic nitrogens is 2. The summed E-state index contributed by atoms with van der Waals surface area (Å²) >= 11 is 3.28. The van der Waals surface area contributed by atoms with Crippen molar-refractivity contribution in [3.8, 4) is 0 Å². The van der Waals surface area contributed by atoms with Crippen LogP contribution < -0.4 is 16.6 Å². The predicted octanol–water partition coefficient (Wildman–Crippen LogP) is 2.34. The van der Waals surface area contributed by atoms with E-state index >= 15 is 0 Å². The highest BCUT2D eigenvalue weighted by Gasteiger charge is 2.19. The van der Waals surface area contributed by atoms with E-state index in [2.05, 4.69) is 15.3 Å². The van der Waals surface area contributed by atoms with E-state index in [-0.39, 0.29) is 17.5 Å². The summed E-state index contributed by atoms with van der Waals surface area (Å²) in [5.74, 6) is 2.05. The molecule has 142 valence electrons. The highest BCUT2D eigenvalue weighted by atomic mass is 32.2. The molecule has 26 heavy (non-hydrogen) atoms. The fraction of sp³-hybridized carbons (Fsp3) is 0.611. The number of carbonyl (C=O) groups is 1. The van der Waals surface area contributed by atoms with E-state index in [1.165, 1.54) is 16.9 Å². The van der Waals surface area contributed by atoms with Gasteiger partial charge in [-0.15, -0.1) is 11.3 Å². The monoisotopic (exact) mass is 394 g/mol. The molecule has 2 aromatic heterocycles. The Bertz CT molecular complexity index is 828. The van der Waals surface area contributed by atoms with Crippen LogP contribution in [0.25, 0.3) is 10.2 Å². The maximum absolute atomic E-state index is 12.5. The largest absolute Gasteiger partial charge is 0.356 e. The molecule has 1 aliphatic rings. The molecule has 0 fully saturated rings. The van der Waals surface area contributed by atoms with E-state index in [0.717, 1.165) is 35.9 Å². The molecule has 0 aliphatic heterocycles. The highest BCUT2D eigenvalue weighted by molar-refractivity contribution is 7.98. The van der Waals surface area contributed by atoms with Crippen molar-refractivity contribution in [2.75, 3.05) is 12.3 Å². The van der Waals surface area contributed by atoms with E-state index in [0.29, 0.717) is 30.3 Å². The molecule has 2 heterocycles. The molecule has 1 aliphatic carbocycles. The van der Waals surface area contributed by atoms with Crippen molar-refractivity contribution in [3.63, 3.8) is 0 Å². The summed E-state index contributed by atoms with van der Waals surface area (Å²) in [6.07, 6.45) is 5.66. The maximum Gasteiger partial charge on any atom is 0.259 e. The number of rotatable bonds is 8. The maximum atomic E-state index is 12.5. The minimum Gasteiger partial charge on any atom is -0.356 e. The molecular weight excluding hydrogens is 368 g/mol. The number of hydrogen-bond donors (Lipinski definition) is 3. The lowest BCUT2D eigenvalue weighted by molar-refractivity contribution is -0.120. The first-order valence-electron chi connectivity index (χ1n) is 9.18. The number of aryl methyl sites for hydroxylation is 2. The third-order valence-corrected chi connectivity index (χ3v) is 6.66. The van der Waals surface area contributed by atoms with Crippen LogP contribution in [0, 0.1) is 0 Å². The smallest absolute Gasteiger partial charge is 0.259 e. The van der Waals surface area contributed by atoms with Gasteiger partial charge in [0.15, 0.2) is 0 Å². The third kappa shape index (κ3) is 4.86. The van der Waals surface area contributed by atoms with Gasteiger partial charge in [0.05, 0.1) is 11.1 Å². The Kier molecular flexibility index (Phi) is 6.72. The number of nitrogens with one attached hydrogen (secondary N) is 2. The number of hydrogen-bond acceptors (Lipinski definition) is 6. The minimum atomic E-state index is -0.0151. The summed E-state index contributed by atoms with van der Waals surface area (Å²) in [6.45, 7) is 2.55. The lowest BCUT2D eigenvalue weighted by atomic mass is 9.97. The zero-order chi connectivity index (χ0) is 18.5. The number of aromatic amines is 1. The van der Waals surface area contributed by atoms with Crippen molar-refractivity contribution in [2.45, 2.75) is 57.2 Å². The first-order valence-corrected chi connectivity index (χ1v) is 11.1. The fourth-order valence-electron chi connectivity index (χ4n) is 3.14. The van der Waals surface area contributed by atoms with Crippen LogP contribution in [0.4, 0.5) is 0 Å². The number of thiophene rings is 1. The van der Waals surface area contributed by atoms with Crippen LogP contribution in [0.5, 0.6) is 0 Å². The van der Waals surface area contributed by atoms with Gasteiger partial charge in [0.2, 0.25) is 5.91 Å². The number of fused-ring (bicyclic) bond motifs is 3. The number of nitrogens with zero attached hydrogens (tertiary/aromatic N) is 1. The van der Waals surface area contributed by atoms with Crippen LogP contribution in [-0.4, -0.2) is 34.2 Å². The average Bonchev–Trinajstić information content (AvgIpc) is 2.97. The van der Waals surface area contributed by atoms with Gasteiger partial charge in [0.1, 0.15) is 10.7 Å². The number of carbonyl (C=O) groups excluding carboxylic acids is 1. The lowest BCUT2D eigenvalue weighted by Gasteiger charge is -2.09. The zero-order valence-electron chi connectivity index (χ0n) is 15.1. The first-order chi connectivity index (χ1) is 12.5. The standard InChI is InChI=1S/C18H26N4O2S2/c1-11(19)6-8-20-15(23)7-9-25-10-14-21-17(24)16-12-4-2-3-5-13(12)26-18(16)22-14/h11H,2-10,19H2,1H3,(H,20,23)(H,21,22,24). The molecule has 1 amide bonds. The second-order valence-corrected chi connectivity index (χ2v) is 9.01. The number of thioether (sulfide) groups is 1. The third-order valence-electron chi connectivity index (χ3n) is 4.51. The summed E-state index contributed by atoms with van der Waals surface area (Å²) in [6, 6.07) is 0.102. The Morgan fingerprint density at radius 2 is 2.23 bits per heavy atom. The Morgan fingerprint density at radius 3 is 3.04 bits per heavy atom. The molecule has 0 aromatic carbocycles. The molecule has 8 heteroatoms. The van der Waals surface area contributed by atoms with E-state index in [9.17, 15) is 9.59 Å². The lowest BCUT2D eigenvalue weighted by Crippen LogP contribution is -2.29. The van der Waals surface area contributed by atoms with Crippen LogP contribution in [0.15, 0.2) is 4.79 Å². The zero-order valence-corrected chi connectivity index (χ0v) is 16.7. The van der Waals surface area contributed by atoms with Crippen LogP contribution >= 0.6 is 23.1 Å². The van der Waals surface area contributed by atoms with E-state index in [4.69, 9.17) is 5.73 Å². The molecule has 1 unspecified atom stereocenters. The molecule has 0 saturated carbocycles. The van der Waals surface area contributed by atoms with Gasteiger partial charge >= 0.3 is 0 Å².